The normalized spacial score (nSPS) is 44.3. The minimum Gasteiger partial charge on any atom is -0.493 e. The van der Waals surface area contributed by atoms with Crippen molar-refractivity contribution in [2.75, 3.05) is 6.61 Å². The molecule has 0 saturated carbocycles. The summed E-state index contributed by atoms with van der Waals surface area (Å²) in [5.41, 5.74) is 0. The fourth-order valence-corrected chi connectivity index (χ4v) is 3.00. The molecule has 0 radical (unpaired) electrons. The molecule has 3 aliphatic rings. The van der Waals surface area contributed by atoms with Gasteiger partial charge in [-0.05, 0) is 34.6 Å². The fourth-order valence-electron chi connectivity index (χ4n) is 3.00. The van der Waals surface area contributed by atoms with Crippen LogP contribution in [0.15, 0.2) is 12.3 Å². The molecule has 3 heterocycles. The molecular formula is C15H24O6. The van der Waals surface area contributed by atoms with Crippen molar-refractivity contribution in [3.63, 3.8) is 0 Å². The van der Waals surface area contributed by atoms with E-state index in [0.29, 0.717) is 6.61 Å². The van der Waals surface area contributed by atoms with Crippen LogP contribution in [0.5, 0.6) is 0 Å². The lowest BCUT2D eigenvalue weighted by atomic mass is 10.1. The third-order valence-corrected chi connectivity index (χ3v) is 3.80. The van der Waals surface area contributed by atoms with Crippen molar-refractivity contribution in [3.05, 3.63) is 12.3 Å². The number of ether oxygens (including phenoxy) is 6. The maximum atomic E-state index is 6.00. The summed E-state index contributed by atoms with van der Waals surface area (Å²) in [6, 6.07) is 0. The lowest BCUT2D eigenvalue weighted by Crippen LogP contribution is -2.43. The van der Waals surface area contributed by atoms with Crippen LogP contribution >= 0.6 is 0 Å². The highest BCUT2D eigenvalue weighted by molar-refractivity contribution is 4.99. The Balaban J connectivity index is 1.75. The van der Waals surface area contributed by atoms with Crippen molar-refractivity contribution >= 4 is 0 Å². The number of allylic oxidation sites excluding steroid dienone is 1. The van der Waals surface area contributed by atoms with Gasteiger partial charge in [0.1, 0.15) is 12.2 Å². The summed E-state index contributed by atoms with van der Waals surface area (Å²) in [6.45, 7) is 9.89. The zero-order valence-corrected chi connectivity index (χ0v) is 13.2. The molecule has 0 bridgehead atoms. The van der Waals surface area contributed by atoms with Crippen molar-refractivity contribution in [1.82, 2.24) is 0 Å². The molecule has 5 unspecified atom stereocenters. The molecule has 0 aromatic rings. The summed E-state index contributed by atoms with van der Waals surface area (Å²) in [5, 5.41) is 0. The summed E-state index contributed by atoms with van der Waals surface area (Å²) < 4.78 is 35.0. The number of rotatable bonds is 3. The van der Waals surface area contributed by atoms with Gasteiger partial charge in [-0.2, -0.15) is 0 Å². The highest BCUT2D eigenvalue weighted by atomic mass is 16.8. The molecule has 3 saturated heterocycles. The van der Waals surface area contributed by atoms with Crippen LogP contribution in [0.25, 0.3) is 0 Å². The Bertz CT molecular complexity index is 418. The molecule has 0 aliphatic carbocycles. The van der Waals surface area contributed by atoms with E-state index >= 15 is 0 Å². The first-order valence-electron chi connectivity index (χ1n) is 7.41. The van der Waals surface area contributed by atoms with Gasteiger partial charge in [-0.25, -0.2) is 0 Å². The minimum atomic E-state index is -0.663. The summed E-state index contributed by atoms with van der Waals surface area (Å²) in [5.74, 6) is -1.26. The lowest BCUT2D eigenvalue weighted by molar-refractivity contribution is -0.232. The van der Waals surface area contributed by atoms with Gasteiger partial charge in [-0.15, -0.1) is 0 Å². The van der Waals surface area contributed by atoms with Crippen LogP contribution in [0.2, 0.25) is 0 Å². The molecule has 0 aromatic heterocycles. The average molecular weight is 300 g/mol. The largest absolute Gasteiger partial charge is 0.493 e. The van der Waals surface area contributed by atoms with Crippen molar-refractivity contribution in [3.8, 4) is 0 Å². The van der Waals surface area contributed by atoms with E-state index in [1.54, 1.807) is 6.26 Å². The second kappa shape index (κ2) is 5.21. The molecule has 120 valence electrons. The summed E-state index contributed by atoms with van der Waals surface area (Å²) in [4.78, 5) is 0. The van der Waals surface area contributed by atoms with Crippen LogP contribution in [0.1, 0.15) is 34.6 Å². The molecule has 3 aliphatic heterocycles. The quantitative estimate of drug-likeness (QED) is 0.742. The molecule has 5 atom stereocenters. The van der Waals surface area contributed by atoms with Gasteiger partial charge in [0.25, 0.3) is 0 Å². The van der Waals surface area contributed by atoms with Gasteiger partial charge < -0.3 is 28.4 Å². The first kappa shape index (κ1) is 15.2. The molecule has 3 rings (SSSR count). The van der Waals surface area contributed by atoms with E-state index < -0.39 is 17.9 Å². The third-order valence-electron chi connectivity index (χ3n) is 3.80. The summed E-state index contributed by atoms with van der Waals surface area (Å²) in [7, 11) is 0. The van der Waals surface area contributed by atoms with E-state index in [-0.39, 0.29) is 24.4 Å². The molecule has 0 spiro atoms. The fraction of sp³-hybridized carbons (Fsp3) is 0.867. The van der Waals surface area contributed by atoms with Gasteiger partial charge in [0.2, 0.25) is 0 Å². The van der Waals surface area contributed by atoms with E-state index in [1.807, 2.05) is 40.7 Å². The Hall–Kier alpha value is -0.660. The van der Waals surface area contributed by atoms with Crippen LogP contribution < -0.4 is 0 Å². The maximum Gasteiger partial charge on any atom is 0.191 e. The molecule has 0 N–H and O–H groups in total. The Kier molecular flexibility index (Phi) is 3.78. The average Bonchev–Trinajstić information content (AvgIpc) is 2.96. The van der Waals surface area contributed by atoms with Crippen LogP contribution in [-0.2, 0) is 28.4 Å². The third kappa shape index (κ3) is 2.96. The lowest BCUT2D eigenvalue weighted by Gasteiger charge is -2.28. The first-order valence-corrected chi connectivity index (χ1v) is 7.41. The highest BCUT2D eigenvalue weighted by Gasteiger charge is 2.59. The van der Waals surface area contributed by atoms with Gasteiger partial charge in [0.05, 0.1) is 12.9 Å². The summed E-state index contributed by atoms with van der Waals surface area (Å²) in [6.07, 6.45) is 2.02. The Labute approximate surface area is 125 Å². The van der Waals surface area contributed by atoms with E-state index in [4.69, 9.17) is 28.4 Å². The molecule has 0 aromatic carbocycles. The second-order valence-corrected chi connectivity index (χ2v) is 6.51. The molecule has 6 nitrogen and oxygen atoms in total. The number of fused-ring (bicyclic) bond motifs is 1. The second-order valence-electron chi connectivity index (χ2n) is 6.51. The van der Waals surface area contributed by atoms with Gasteiger partial charge in [0.15, 0.2) is 30.1 Å². The number of hydrogen-bond donors (Lipinski definition) is 0. The van der Waals surface area contributed by atoms with Gasteiger partial charge in [-0.3, -0.25) is 0 Å². The van der Waals surface area contributed by atoms with E-state index in [2.05, 4.69) is 0 Å². The van der Waals surface area contributed by atoms with Crippen molar-refractivity contribution < 1.29 is 28.4 Å². The van der Waals surface area contributed by atoms with Crippen molar-refractivity contribution in [2.24, 2.45) is 0 Å². The van der Waals surface area contributed by atoms with Crippen molar-refractivity contribution in [2.45, 2.75) is 76.9 Å². The molecule has 21 heavy (non-hydrogen) atoms. The standard InChI is InChI=1S/C15H24O6/c1-6-7-16-11-10(9-8-17-14(2,3)19-9)18-13-12(11)20-15(4,5)21-13/h6-7,9-13H,8H2,1-5H3/b7-6-. The monoisotopic (exact) mass is 300 g/mol. The van der Waals surface area contributed by atoms with Crippen molar-refractivity contribution in [1.29, 1.82) is 0 Å². The van der Waals surface area contributed by atoms with Gasteiger partial charge in [-0.1, -0.05) is 6.08 Å². The molecule has 3 fully saturated rings. The number of hydrogen-bond acceptors (Lipinski definition) is 6. The molecule has 0 amide bonds. The first-order chi connectivity index (χ1) is 9.81. The zero-order valence-electron chi connectivity index (χ0n) is 13.2. The predicted octanol–water partition coefficient (Wildman–Crippen LogP) is 1.93. The minimum absolute atomic E-state index is 0.198. The molecule has 6 heteroatoms. The topological polar surface area (TPSA) is 55.4 Å². The van der Waals surface area contributed by atoms with Gasteiger partial charge >= 0.3 is 0 Å². The van der Waals surface area contributed by atoms with Crippen LogP contribution in [-0.4, -0.2) is 48.9 Å². The van der Waals surface area contributed by atoms with Crippen LogP contribution in [0.3, 0.4) is 0 Å². The van der Waals surface area contributed by atoms with E-state index in [1.165, 1.54) is 0 Å². The van der Waals surface area contributed by atoms with E-state index in [9.17, 15) is 0 Å². The highest BCUT2D eigenvalue weighted by Crippen LogP contribution is 2.41. The predicted molar refractivity (Wildman–Crippen MR) is 73.3 cm³/mol. The Morgan fingerprint density at radius 1 is 1.00 bits per heavy atom. The smallest absolute Gasteiger partial charge is 0.191 e. The van der Waals surface area contributed by atoms with Gasteiger partial charge in [0, 0.05) is 0 Å². The zero-order chi connectivity index (χ0) is 15.3. The van der Waals surface area contributed by atoms with E-state index in [0.717, 1.165) is 0 Å². The Morgan fingerprint density at radius 3 is 2.38 bits per heavy atom. The van der Waals surface area contributed by atoms with Crippen LogP contribution in [0, 0.1) is 0 Å². The summed E-state index contributed by atoms with van der Waals surface area (Å²) >= 11 is 0. The van der Waals surface area contributed by atoms with Crippen LogP contribution in [0.4, 0.5) is 0 Å². The SMILES string of the molecule is C/C=C\OC1C(C2COC(C)(C)O2)OC2OC(C)(C)OC21. The maximum absolute atomic E-state index is 6.00. The molecular weight excluding hydrogens is 276 g/mol. The Morgan fingerprint density at radius 2 is 1.76 bits per heavy atom.